The van der Waals surface area contributed by atoms with Crippen molar-refractivity contribution in [1.29, 1.82) is 0 Å². The molecule has 1 aliphatic rings. The molecule has 0 heterocycles. The normalized spacial score (nSPS) is 14.9. The van der Waals surface area contributed by atoms with E-state index in [9.17, 15) is 8.42 Å². The van der Waals surface area contributed by atoms with E-state index < -0.39 is 10.0 Å². The topological polar surface area (TPSA) is 46.2 Å². The molecule has 0 spiro atoms. The zero-order valence-corrected chi connectivity index (χ0v) is 14.4. The number of hydrogen-bond donors (Lipinski definition) is 1. The lowest BCUT2D eigenvalue weighted by molar-refractivity contribution is 0.556. The summed E-state index contributed by atoms with van der Waals surface area (Å²) < 4.78 is 28.7. The van der Waals surface area contributed by atoms with Gasteiger partial charge in [0.05, 0.1) is 4.90 Å². The zero-order valence-electron chi connectivity index (χ0n) is 12.9. The van der Waals surface area contributed by atoms with E-state index in [0.29, 0.717) is 23.3 Å². The second-order valence-electron chi connectivity index (χ2n) is 6.09. The van der Waals surface area contributed by atoms with Gasteiger partial charge >= 0.3 is 0 Å². The average molecular weight is 358 g/mol. The monoisotopic (exact) mass is 357 g/mol. The van der Waals surface area contributed by atoms with E-state index in [1.807, 2.05) is 30.3 Å². The van der Waals surface area contributed by atoms with Crippen LogP contribution in [0, 0.1) is 0 Å². The largest absolute Gasteiger partial charge is 0.241 e. The van der Waals surface area contributed by atoms with Gasteiger partial charge in [0.2, 0.25) is 10.0 Å². The van der Waals surface area contributed by atoms with Gasteiger partial charge in [-0.15, -0.1) is 0 Å². The Bertz CT molecular complexity index is 1000. The first kappa shape index (κ1) is 15.6. The van der Waals surface area contributed by atoms with E-state index >= 15 is 0 Å². The predicted molar refractivity (Wildman–Crippen MR) is 96.9 cm³/mol. The molecule has 0 radical (unpaired) electrons. The Morgan fingerprint density at radius 3 is 2.17 bits per heavy atom. The highest BCUT2D eigenvalue weighted by Gasteiger charge is 2.27. The summed E-state index contributed by atoms with van der Waals surface area (Å²) in [6.45, 7) is 0. The van der Waals surface area contributed by atoms with Crippen LogP contribution in [0.25, 0.3) is 10.8 Å². The van der Waals surface area contributed by atoms with Crippen LogP contribution in [-0.4, -0.2) is 14.5 Å². The van der Waals surface area contributed by atoms with Gasteiger partial charge in [-0.3, -0.25) is 0 Å². The molecule has 4 rings (SSSR count). The van der Waals surface area contributed by atoms with Gasteiger partial charge in [0, 0.05) is 16.5 Å². The molecule has 1 N–H and O–H groups in total. The van der Waals surface area contributed by atoms with Crippen molar-refractivity contribution >= 4 is 32.4 Å². The standard InChI is InChI=1S/C19H16ClNO2S/c20-17-9-3-7-13-8-4-10-18(19(13)17)24(22,23)21-16-11-14-5-1-2-6-15(14)12-16/h1-10,16,21H,11-12H2. The van der Waals surface area contributed by atoms with E-state index in [0.717, 1.165) is 5.39 Å². The minimum absolute atomic E-state index is 0.120. The number of fused-ring (bicyclic) bond motifs is 2. The minimum atomic E-state index is -3.64. The van der Waals surface area contributed by atoms with Crippen molar-refractivity contribution in [2.45, 2.75) is 23.8 Å². The fourth-order valence-electron chi connectivity index (χ4n) is 3.41. The molecule has 122 valence electrons. The minimum Gasteiger partial charge on any atom is -0.207 e. The highest BCUT2D eigenvalue weighted by atomic mass is 35.5. The first-order valence-corrected chi connectivity index (χ1v) is 9.67. The molecule has 0 amide bonds. The third kappa shape index (κ3) is 2.71. The van der Waals surface area contributed by atoms with Crippen LogP contribution in [0.3, 0.4) is 0 Å². The Hall–Kier alpha value is -1.88. The fraction of sp³-hybridized carbons (Fsp3) is 0.158. The Morgan fingerprint density at radius 2 is 1.50 bits per heavy atom. The summed E-state index contributed by atoms with van der Waals surface area (Å²) in [5.41, 5.74) is 2.42. The maximum atomic E-state index is 12.9. The summed E-state index contributed by atoms with van der Waals surface area (Å²) in [5, 5.41) is 1.84. The van der Waals surface area contributed by atoms with E-state index in [4.69, 9.17) is 11.6 Å². The fourth-order valence-corrected chi connectivity index (χ4v) is 5.24. The van der Waals surface area contributed by atoms with Gasteiger partial charge < -0.3 is 0 Å². The number of sulfonamides is 1. The van der Waals surface area contributed by atoms with Gasteiger partial charge in [0.25, 0.3) is 0 Å². The highest BCUT2D eigenvalue weighted by molar-refractivity contribution is 7.89. The van der Waals surface area contributed by atoms with Gasteiger partial charge in [0.15, 0.2) is 0 Å². The van der Waals surface area contributed by atoms with E-state index in [1.54, 1.807) is 18.2 Å². The summed E-state index contributed by atoms with van der Waals surface area (Å²) >= 11 is 6.27. The highest BCUT2D eigenvalue weighted by Crippen LogP contribution is 2.30. The summed E-state index contributed by atoms with van der Waals surface area (Å²) in [4.78, 5) is 0.238. The van der Waals surface area contributed by atoms with Crippen LogP contribution in [0.15, 0.2) is 65.6 Å². The van der Waals surface area contributed by atoms with Crippen LogP contribution in [0.2, 0.25) is 5.02 Å². The Kier molecular flexibility index (Phi) is 3.83. The maximum absolute atomic E-state index is 12.9. The Balaban J connectivity index is 1.70. The van der Waals surface area contributed by atoms with E-state index in [1.165, 1.54) is 11.1 Å². The van der Waals surface area contributed by atoms with E-state index in [2.05, 4.69) is 16.9 Å². The number of nitrogens with one attached hydrogen (secondary N) is 1. The second-order valence-corrected chi connectivity index (χ2v) is 8.18. The molecule has 5 heteroatoms. The van der Waals surface area contributed by atoms with Crippen molar-refractivity contribution in [3.05, 3.63) is 76.8 Å². The van der Waals surface area contributed by atoms with Crippen LogP contribution in [0.5, 0.6) is 0 Å². The summed E-state index contributed by atoms with van der Waals surface area (Å²) in [7, 11) is -3.64. The van der Waals surface area contributed by atoms with Gasteiger partial charge in [-0.2, -0.15) is 0 Å². The van der Waals surface area contributed by atoms with Crippen LogP contribution in [0.1, 0.15) is 11.1 Å². The summed E-state index contributed by atoms with van der Waals surface area (Å²) in [5.74, 6) is 0. The lowest BCUT2D eigenvalue weighted by atomic mass is 10.1. The Labute approximate surface area is 146 Å². The number of benzene rings is 3. The maximum Gasteiger partial charge on any atom is 0.241 e. The zero-order chi connectivity index (χ0) is 16.7. The first-order valence-electron chi connectivity index (χ1n) is 7.81. The van der Waals surface area contributed by atoms with Gasteiger partial charge in [-0.1, -0.05) is 60.1 Å². The third-order valence-electron chi connectivity index (χ3n) is 4.48. The second kappa shape index (κ2) is 5.88. The molecule has 0 atom stereocenters. The molecule has 1 aliphatic carbocycles. The van der Waals surface area contributed by atoms with Gasteiger partial charge in [-0.25, -0.2) is 13.1 Å². The van der Waals surface area contributed by atoms with Crippen molar-refractivity contribution < 1.29 is 8.42 Å². The molecule has 0 aromatic heterocycles. The van der Waals surface area contributed by atoms with Crippen LogP contribution in [-0.2, 0) is 22.9 Å². The van der Waals surface area contributed by atoms with Crippen LogP contribution in [0.4, 0.5) is 0 Å². The van der Waals surface area contributed by atoms with Crippen molar-refractivity contribution in [2.75, 3.05) is 0 Å². The molecule has 0 saturated heterocycles. The molecule has 3 aromatic rings. The third-order valence-corrected chi connectivity index (χ3v) is 6.36. The molecule has 3 aromatic carbocycles. The predicted octanol–water partition coefficient (Wildman–Crippen LogP) is 3.94. The molecule has 0 bridgehead atoms. The molecule has 0 aliphatic heterocycles. The molecular weight excluding hydrogens is 342 g/mol. The number of hydrogen-bond acceptors (Lipinski definition) is 2. The van der Waals surface area contributed by atoms with Gasteiger partial charge in [-0.05, 0) is 41.5 Å². The molecule has 24 heavy (non-hydrogen) atoms. The molecular formula is C19H16ClNO2S. The Morgan fingerprint density at radius 1 is 0.875 bits per heavy atom. The van der Waals surface area contributed by atoms with Crippen LogP contribution >= 0.6 is 11.6 Å². The SMILES string of the molecule is O=S(=O)(NC1Cc2ccccc2C1)c1cccc2cccc(Cl)c12. The van der Waals surface area contributed by atoms with Crippen molar-refractivity contribution in [3.63, 3.8) is 0 Å². The first-order chi connectivity index (χ1) is 11.5. The summed E-state index contributed by atoms with van der Waals surface area (Å²) in [6.07, 6.45) is 1.43. The number of halogens is 1. The smallest absolute Gasteiger partial charge is 0.207 e. The van der Waals surface area contributed by atoms with Crippen molar-refractivity contribution in [1.82, 2.24) is 4.72 Å². The van der Waals surface area contributed by atoms with Crippen LogP contribution < -0.4 is 4.72 Å². The number of rotatable bonds is 3. The summed E-state index contributed by atoms with van der Waals surface area (Å²) in [6, 6.07) is 18.6. The van der Waals surface area contributed by atoms with E-state index in [-0.39, 0.29) is 10.9 Å². The molecule has 0 unspecified atom stereocenters. The molecule has 0 saturated carbocycles. The lowest BCUT2D eigenvalue weighted by Gasteiger charge is -2.15. The average Bonchev–Trinajstić information content (AvgIpc) is 2.96. The van der Waals surface area contributed by atoms with Crippen molar-refractivity contribution in [3.8, 4) is 0 Å². The van der Waals surface area contributed by atoms with Crippen molar-refractivity contribution in [2.24, 2.45) is 0 Å². The molecule has 3 nitrogen and oxygen atoms in total. The van der Waals surface area contributed by atoms with Gasteiger partial charge in [0.1, 0.15) is 0 Å². The quantitative estimate of drug-likeness (QED) is 0.771. The molecule has 0 fully saturated rings. The lowest BCUT2D eigenvalue weighted by Crippen LogP contribution is -2.35.